The van der Waals surface area contributed by atoms with Crippen molar-refractivity contribution in [3.05, 3.63) is 59.2 Å². The first kappa shape index (κ1) is 15.1. The maximum atomic E-state index is 12.0. The zero-order chi connectivity index (χ0) is 16.2. The molecule has 23 heavy (non-hydrogen) atoms. The van der Waals surface area contributed by atoms with E-state index in [2.05, 4.69) is 21.7 Å². The van der Waals surface area contributed by atoms with Crippen LogP contribution in [-0.2, 0) is 5.75 Å². The Kier molecular flexibility index (Phi) is 4.31. The molecule has 0 radical (unpaired) electrons. The first-order valence-corrected chi connectivity index (χ1v) is 8.02. The van der Waals surface area contributed by atoms with E-state index in [0.29, 0.717) is 16.4 Å². The first-order valence-electron chi connectivity index (χ1n) is 7.03. The number of carbonyl (C=O) groups excluding carboxylic acids is 1. The van der Waals surface area contributed by atoms with E-state index in [1.165, 1.54) is 22.9 Å². The molecule has 2 N–H and O–H groups in total. The summed E-state index contributed by atoms with van der Waals surface area (Å²) in [6, 6.07) is 14.5. The Hall–Kier alpha value is -2.78. The third kappa shape index (κ3) is 3.71. The van der Waals surface area contributed by atoms with Crippen LogP contribution in [0.2, 0.25) is 0 Å². The molecule has 1 aliphatic heterocycles. The Morgan fingerprint density at radius 3 is 2.96 bits per heavy atom. The van der Waals surface area contributed by atoms with Crippen LogP contribution < -0.4 is 10.6 Å². The highest BCUT2D eigenvalue weighted by molar-refractivity contribution is 8.13. The molecule has 2 amide bonds. The van der Waals surface area contributed by atoms with Gasteiger partial charge in [0.25, 0.3) is 0 Å². The molecule has 0 spiro atoms. The predicted octanol–water partition coefficient (Wildman–Crippen LogP) is 3.92. The molecule has 6 heteroatoms. The third-order valence-corrected chi connectivity index (χ3v) is 4.21. The van der Waals surface area contributed by atoms with E-state index >= 15 is 0 Å². The summed E-state index contributed by atoms with van der Waals surface area (Å²) < 4.78 is 0. The number of hydrogen-bond acceptors (Lipinski definition) is 4. The number of thioether (sulfide) groups is 1. The van der Waals surface area contributed by atoms with Crippen molar-refractivity contribution in [1.82, 2.24) is 5.32 Å². The number of nitrogens with zero attached hydrogens (tertiary/aromatic N) is 2. The highest BCUT2D eigenvalue weighted by atomic mass is 32.2. The highest BCUT2D eigenvalue weighted by Gasteiger charge is 2.15. The summed E-state index contributed by atoms with van der Waals surface area (Å²) in [5.41, 5.74) is 4.32. The van der Waals surface area contributed by atoms with E-state index in [4.69, 9.17) is 5.26 Å². The molecule has 0 bridgehead atoms. The normalized spacial score (nSPS) is 12.6. The summed E-state index contributed by atoms with van der Waals surface area (Å²) in [6.07, 6.45) is 0. The van der Waals surface area contributed by atoms with Gasteiger partial charge < -0.3 is 5.32 Å². The molecular weight excluding hydrogens is 308 g/mol. The van der Waals surface area contributed by atoms with Crippen LogP contribution in [0.15, 0.2) is 47.5 Å². The van der Waals surface area contributed by atoms with Crippen LogP contribution in [0.1, 0.15) is 16.7 Å². The molecule has 3 rings (SSSR count). The number of aryl methyl sites for hydroxylation is 1. The molecule has 0 saturated heterocycles. The molecule has 0 atom stereocenters. The zero-order valence-electron chi connectivity index (χ0n) is 12.5. The van der Waals surface area contributed by atoms with Gasteiger partial charge in [0, 0.05) is 11.4 Å². The molecule has 0 aromatic heterocycles. The van der Waals surface area contributed by atoms with Crippen LogP contribution in [-0.4, -0.2) is 11.2 Å². The SMILES string of the molecule is Cc1ccc2c(c1)CSC(NC(=O)Nc1cccc(C#N)c1)=N2. The average molecular weight is 322 g/mol. The number of aliphatic imine (C=N–C) groups is 1. The molecular formula is C17H14N4OS. The van der Waals surface area contributed by atoms with E-state index < -0.39 is 0 Å². The predicted molar refractivity (Wildman–Crippen MR) is 92.9 cm³/mol. The summed E-state index contributed by atoms with van der Waals surface area (Å²) in [7, 11) is 0. The van der Waals surface area contributed by atoms with Gasteiger partial charge in [0.1, 0.15) is 0 Å². The topological polar surface area (TPSA) is 77.3 Å². The number of amidine groups is 1. The number of nitriles is 1. The molecule has 5 nitrogen and oxygen atoms in total. The number of hydrogen-bond donors (Lipinski definition) is 2. The molecule has 0 fully saturated rings. The molecule has 2 aromatic carbocycles. The van der Waals surface area contributed by atoms with Crippen molar-refractivity contribution in [3.63, 3.8) is 0 Å². The lowest BCUT2D eigenvalue weighted by atomic mass is 10.1. The fourth-order valence-electron chi connectivity index (χ4n) is 2.22. The second-order valence-electron chi connectivity index (χ2n) is 5.11. The summed E-state index contributed by atoms with van der Waals surface area (Å²) in [5.74, 6) is 0.778. The van der Waals surface area contributed by atoms with Crippen molar-refractivity contribution in [2.75, 3.05) is 5.32 Å². The largest absolute Gasteiger partial charge is 0.325 e. The number of anilines is 1. The lowest BCUT2D eigenvalue weighted by Gasteiger charge is -2.16. The number of carbonyl (C=O) groups is 1. The maximum absolute atomic E-state index is 12.0. The van der Waals surface area contributed by atoms with Crippen LogP contribution >= 0.6 is 11.8 Å². The quantitative estimate of drug-likeness (QED) is 0.835. The van der Waals surface area contributed by atoms with Gasteiger partial charge in [-0.2, -0.15) is 5.26 Å². The molecule has 0 saturated carbocycles. The van der Waals surface area contributed by atoms with Gasteiger partial charge in [0.05, 0.1) is 17.3 Å². The minimum Gasteiger partial charge on any atom is -0.308 e. The average Bonchev–Trinajstić information content (AvgIpc) is 2.55. The number of urea groups is 1. The first-order chi connectivity index (χ1) is 11.1. The van der Waals surface area contributed by atoms with Gasteiger partial charge in [0.2, 0.25) is 0 Å². The van der Waals surface area contributed by atoms with E-state index in [-0.39, 0.29) is 6.03 Å². The highest BCUT2D eigenvalue weighted by Crippen LogP contribution is 2.30. The maximum Gasteiger partial charge on any atom is 0.325 e. The smallest absolute Gasteiger partial charge is 0.308 e. The Balaban J connectivity index is 1.69. The monoisotopic (exact) mass is 322 g/mol. The van der Waals surface area contributed by atoms with Crippen LogP contribution in [0.4, 0.5) is 16.2 Å². The van der Waals surface area contributed by atoms with Crippen LogP contribution in [0.5, 0.6) is 0 Å². The molecule has 1 aliphatic rings. The molecule has 114 valence electrons. The van der Waals surface area contributed by atoms with Crippen molar-refractivity contribution in [1.29, 1.82) is 5.26 Å². The summed E-state index contributed by atoms with van der Waals surface area (Å²) >= 11 is 1.49. The van der Waals surface area contributed by atoms with Gasteiger partial charge in [-0.1, -0.05) is 35.5 Å². The Morgan fingerprint density at radius 2 is 2.13 bits per heavy atom. The van der Waals surface area contributed by atoms with E-state index in [1.807, 2.05) is 25.1 Å². The molecule has 1 heterocycles. The number of amides is 2. The molecule has 0 aliphatic carbocycles. The van der Waals surface area contributed by atoms with E-state index in [1.54, 1.807) is 24.3 Å². The van der Waals surface area contributed by atoms with Gasteiger partial charge in [-0.3, -0.25) is 5.32 Å². The lowest BCUT2D eigenvalue weighted by molar-refractivity contribution is 0.256. The second kappa shape index (κ2) is 6.55. The van der Waals surface area contributed by atoms with Crippen LogP contribution in [0.25, 0.3) is 0 Å². The zero-order valence-corrected chi connectivity index (χ0v) is 13.3. The molecule has 0 unspecified atom stereocenters. The lowest BCUT2D eigenvalue weighted by Crippen LogP contribution is -2.33. The number of nitrogens with one attached hydrogen (secondary N) is 2. The van der Waals surface area contributed by atoms with Crippen LogP contribution in [0, 0.1) is 18.3 Å². The third-order valence-electron chi connectivity index (χ3n) is 3.29. The van der Waals surface area contributed by atoms with Gasteiger partial charge >= 0.3 is 6.03 Å². The number of benzene rings is 2. The van der Waals surface area contributed by atoms with Crippen molar-refractivity contribution in [3.8, 4) is 6.07 Å². The fourth-order valence-corrected chi connectivity index (χ4v) is 3.07. The van der Waals surface area contributed by atoms with Crippen molar-refractivity contribution in [2.45, 2.75) is 12.7 Å². The minimum absolute atomic E-state index is 0.373. The van der Waals surface area contributed by atoms with E-state index in [9.17, 15) is 4.79 Å². The Bertz CT molecular complexity index is 839. The van der Waals surface area contributed by atoms with Gasteiger partial charge in [0.15, 0.2) is 5.17 Å². The Morgan fingerprint density at radius 1 is 1.26 bits per heavy atom. The Labute approximate surface area is 138 Å². The van der Waals surface area contributed by atoms with E-state index in [0.717, 1.165) is 11.4 Å². The summed E-state index contributed by atoms with van der Waals surface area (Å²) in [6.45, 7) is 2.05. The van der Waals surface area contributed by atoms with Crippen molar-refractivity contribution in [2.24, 2.45) is 4.99 Å². The standard InChI is InChI=1S/C17H14N4OS/c1-11-5-6-15-13(7-11)10-23-17(20-15)21-16(22)19-14-4-2-3-12(8-14)9-18/h2-8H,10H2,1H3,(H2,19,20,21,22). The number of fused-ring (bicyclic) bond motifs is 1. The minimum atomic E-state index is -0.373. The van der Waals surface area contributed by atoms with Gasteiger partial charge in [-0.25, -0.2) is 9.79 Å². The van der Waals surface area contributed by atoms with Crippen LogP contribution in [0.3, 0.4) is 0 Å². The molecule has 2 aromatic rings. The van der Waals surface area contributed by atoms with Gasteiger partial charge in [-0.15, -0.1) is 0 Å². The fraction of sp³-hybridized carbons (Fsp3) is 0.118. The second-order valence-corrected chi connectivity index (χ2v) is 6.07. The summed E-state index contributed by atoms with van der Waals surface area (Å²) in [4.78, 5) is 16.5. The van der Waals surface area contributed by atoms with Gasteiger partial charge in [-0.05, 0) is 36.8 Å². The van der Waals surface area contributed by atoms with Crippen molar-refractivity contribution >= 4 is 34.3 Å². The summed E-state index contributed by atoms with van der Waals surface area (Å²) in [5, 5.41) is 14.9. The van der Waals surface area contributed by atoms with Crippen molar-refractivity contribution < 1.29 is 4.79 Å². The number of rotatable bonds is 1.